The summed E-state index contributed by atoms with van der Waals surface area (Å²) >= 11 is 0. The molecule has 0 aromatic heterocycles. The first kappa shape index (κ1) is 23.6. The Morgan fingerprint density at radius 2 is 0.969 bits per heavy atom. The van der Waals surface area contributed by atoms with Gasteiger partial charge in [-0.3, -0.25) is 9.59 Å². The fraction of sp³-hybridized carbons (Fsp3) is 0.417. The molecule has 0 radical (unpaired) electrons. The Morgan fingerprint density at radius 1 is 0.625 bits per heavy atom. The van der Waals surface area contributed by atoms with E-state index in [0.29, 0.717) is 24.5 Å². The lowest BCUT2D eigenvalue weighted by atomic mass is 9.81. The van der Waals surface area contributed by atoms with Crippen molar-refractivity contribution in [1.29, 1.82) is 0 Å². The number of likely N-dealkylation sites (N-methyl/N-ethyl adjacent to an activating group) is 2. The number of aromatic hydroxyl groups is 2. The highest BCUT2D eigenvalue weighted by atomic mass is 16.3. The minimum atomic E-state index is -0.481. The molecule has 0 amide bonds. The number of nitrogens with one attached hydrogen (secondary N) is 2. The van der Waals surface area contributed by atoms with Crippen LogP contribution >= 0.6 is 0 Å². The molecule has 0 heterocycles. The Balaban J connectivity index is 2.08. The number of carbonyl (C=O) groups is 2. The van der Waals surface area contributed by atoms with Crippen molar-refractivity contribution < 1.29 is 28.8 Å². The number of rotatable bonds is 8. The van der Waals surface area contributed by atoms with E-state index in [9.17, 15) is 19.8 Å². The molecule has 1 aliphatic carbocycles. The number of quaternary nitrogens is 2. The summed E-state index contributed by atoms with van der Waals surface area (Å²) < 4.78 is 1.48. The normalized spacial score (nSPS) is 13.6. The fourth-order valence-corrected chi connectivity index (χ4v) is 3.71. The third kappa shape index (κ3) is 4.87. The lowest BCUT2D eigenvalue weighted by molar-refractivity contribution is -0.868. The predicted molar refractivity (Wildman–Crippen MR) is 126 cm³/mol. The van der Waals surface area contributed by atoms with E-state index in [0.717, 1.165) is 22.1 Å². The van der Waals surface area contributed by atoms with Gasteiger partial charge >= 0.3 is 0 Å². The van der Waals surface area contributed by atoms with Gasteiger partial charge in [0, 0.05) is 11.4 Å². The van der Waals surface area contributed by atoms with Crippen molar-refractivity contribution in [2.75, 3.05) is 79.1 Å². The van der Waals surface area contributed by atoms with E-state index < -0.39 is 11.6 Å². The number of hydrogen-bond donors (Lipinski definition) is 4. The van der Waals surface area contributed by atoms with E-state index in [1.807, 2.05) is 0 Å². The van der Waals surface area contributed by atoms with E-state index >= 15 is 0 Å². The fourth-order valence-electron chi connectivity index (χ4n) is 3.71. The summed E-state index contributed by atoms with van der Waals surface area (Å²) in [6, 6.07) is 6.05. The van der Waals surface area contributed by atoms with Crippen LogP contribution in [0.1, 0.15) is 31.8 Å². The standard InChI is InChI=1S/C24H32N4O4/c1-27(2,3)13-11-25-15-7-8-16(26-12-14-28(4,5)6)20-19(15)23(31)21-17(29)9-10-18(30)22(21)24(20)32/h7-10H,11-14H2,1-6H3,(H2-2,25,26,29,30,31,32)/p+2. The molecule has 2 aromatic carbocycles. The monoisotopic (exact) mass is 442 g/mol. The molecule has 0 atom stereocenters. The van der Waals surface area contributed by atoms with Gasteiger partial charge in [-0.2, -0.15) is 0 Å². The summed E-state index contributed by atoms with van der Waals surface area (Å²) in [6.45, 7) is 2.82. The van der Waals surface area contributed by atoms with Crippen LogP contribution in [0.25, 0.3) is 0 Å². The number of carbonyl (C=O) groups excluding carboxylic acids is 2. The average Bonchev–Trinajstić information content (AvgIpc) is 2.66. The summed E-state index contributed by atoms with van der Waals surface area (Å²) in [7, 11) is 12.4. The molecule has 0 saturated carbocycles. The van der Waals surface area contributed by atoms with E-state index in [-0.39, 0.29) is 33.8 Å². The maximum absolute atomic E-state index is 13.5. The number of phenolic OH excluding ortho intramolecular Hbond substituents is 2. The molecule has 32 heavy (non-hydrogen) atoms. The van der Waals surface area contributed by atoms with Crippen LogP contribution in [0, 0.1) is 0 Å². The third-order valence-electron chi connectivity index (χ3n) is 5.47. The minimum Gasteiger partial charge on any atom is -0.507 e. The van der Waals surface area contributed by atoms with Crippen LogP contribution in [0.3, 0.4) is 0 Å². The summed E-state index contributed by atoms with van der Waals surface area (Å²) in [5, 5.41) is 27.3. The van der Waals surface area contributed by atoms with Crippen molar-refractivity contribution in [3.63, 3.8) is 0 Å². The lowest BCUT2D eigenvalue weighted by Crippen LogP contribution is -2.39. The second kappa shape index (κ2) is 8.44. The molecule has 2 aromatic rings. The van der Waals surface area contributed by atoms with Crippen molar-refractivity contribution in [1.82, 2.24) is 0 Å². The van der Waals surface area contributed by atoms with Crippen LogP contribution in [-0.4, -0.2) is 99.2 Å². The topological polar surface area (TPSA) is 98.7 Å². The number of hydrogen-bond acceptors (Lipinski definition) is 6. The quantitative estimate of drug-likeness (QED) is 0.315. The molecule has 1 aliphatic rings. The van der Waals surface area contributed by atoms with Gasteiger partial charge in [-0.05, 0) is 24.3 Å². The molecule has 0 bridgehead atoms. The van der Waals surface area contributed by atoms with E-state index in [2.05, 4.69) is 52.9 Å². The maximum atomic E-state index is 13.5. The zero-order chi connectivity index (χ0) is 23.8. The van der Waals surface area contributed by atoms with Crippen LogP contribution < -0.4 is 10.6 Å². The Kier molecular flexibility index (Phi) is 6.22. The molecule has 0 fully saturated rings. The third-order valence-corrected chi connectivity index (χ3v) is 5.47. The Hall–Kier alpha value is -3.10. The average molecular weight is 443 g/mol. The van der Waals surface area contributed by atoms with Crippen molar-refractivity contribution in [2.45, 2.75) is 0 Å². The highest BCUT2D eigenvalue weighted by Gasteiger charge is 2.38. The largest absolute Gasteiger partial charge is 0.507 e. The molecule has 3 rings (SSSR count). The number of fused-ring (bicyclic) bond motifs is 2. The van der Waals surface area contributed by atoms with Crippen molar-refractivity contribution in [3.05, 3.63) is 46.5 Å². The summed E-state index contributed by atoms with van der Waals surface area (Å²) in [6.07, 6.45) is 0. The lowest BCUT2D eigenvalue weighted by Gasteiger charge is -2.27. The zero-order valence-electron chi connectivity index (χ0n) is 19.7. The second-order valence-electron chi connectivity index (χ2n) is 10.3. The second-order valence-corrected chi connectivity index (χ2v) is 10.3. The number of benzene rings is 2. The first-order valence-corrected chi connectivity index (χ1v) is 10.7. The molecule has 0 unspecified atom stereocenters. The van der Waals surface area contributed by atoms with Gasteiger partial charge in [-0.25, -0.2) is 0 Å². The molecule has 8 nitrogen and oxygen atoms in total. The smallest absolute Gasteiger partial charge is 0.200 e. The van der Waals surface area contributed by atoms with E-state index in [4.69, 9.17) is 0 Å². The van der Waals surface area contributed by atoms with Gasteiger partial charge in [-0.15, -0.1) is 0 Å². The van der Waals surface area contributed by atoms with Crippen molar-refractivity contribution >= 4 is 22.9 Å². The molecule has 0 spiro atoms. The molecule has 8 heteroatoms. The molecular formula is C24H34N4O4+2. The Morgan fingerprint density at radius 3 is 1.28 bits per heavy atom. The van der Waals surface area contributed by atoms with Crippen molar-refractivity contribution in [3.8, 4) is 11.5 Å². The van der Waals surface area contributed by atoms with Gasteiger partial charge < -0.3 is 29.8 Å². The number of phenols is 2. The molecule has 0 saturated heterocycles. The van der Waals surface area contributed by atoms with Crippen LogP contribution in [0.15, 0.2) is 24.3 Å². The molecule has 0 aliphatic heterocycles. The van der Waals surface area contributed by atoms with Crippen LogP contribution in [0.5, 0.6) is 11.5 Å². The molecule has 4 N–H and O–H groups in total. The van der Waals surface area contributed by atoms with Gasteiger partial charge in [0.2, 0.25) is 11.6 Å². The SMILES string of the molecule is C[N+](C)(C)CCNc1ccc(NCC[N+](C)(C)C)c2c1C(=O)c1c(O)ccc(O)c1C2=O. The zero-order valence-corrected chi connectivity index (χ0v) is 19.7. The van der Waals surface area contributed by atoms with Crippen LogP contribution in [-0.2, 0) is 0 Å². The predicted octanol–water partition coefficient (Wildman–Crippen LogP) is 2.11. The number of ketones is 2. The highest BCUT2D eigenvalue weighted by Crippen LogP contribution is 2.42. The van der Waals surface area contributed by atoms with Gasteiger partial charge in [0.15, 0.2) is 0 Å². The van der Waals surface area contributed by atoms with Gasteiger partial charge in [0.1, 0.15) is 11.5 Å². The molecule has 172 valence electrons. The first-order chi connectivity index (χ1) is 14.8. The highest BCUT2D eigenvalue weighted by molar-refractivity contribution is 6.33. The maximum Gasteiger partial charge on any atom is 0.200 e. The van der Waals surface area contributed by atoms with Crippen molar-refractivity contribution in [2.24, 2.45) is 0 Å². The molecular weight excluding hydrogens is 408 g/mol. The van der Waals surface area contributed by atoms with Gasteiger partial charge in [-0.1, -0.05) is 0 Å². The minimum absolute atomic E-state index is 0.152. The van der Waals surface area contributed by atoms with Gasteiger partial charge in [0.25, 0.3) is 0 Å². The summed E-state index contributed by atoms with van der Waals surface area (Å²) in [5.41, 5.74) is 1.22. The van der Waals surface area contributed by atoms with E-state index in [1.54, 1.807) is 12.1 Å². The van der Waals surface area contributed by atoms with Gasteiger partial charge in [0.05, 0.1) is 90.7 Å². The summed E-state index contributed by atoms with van der Waals surface area (Å²) in [5.74, 6) is -1.60. The Labute approximate surface area is 189 Å². The first-order valence-electron chi connectivity index (χ1n) is 10.7. The van der Waals surface area contributed by atoms with Crippen LogP contribution in [0.4, 0.5) is 11.4 Å². The summed E-state index contributed by atoms with van der Waals surface area (Å²) in [4.78, 5) is 27.0. The number of anilines is 2. The van der Waals surface area contributed by atoms with Crippen LogP contribution in [0.2, 0.25) is 0 Å². The number of nitrogens with zero attached hydrogens (tertiary/aromatic N) is 2. The van der Waals surface area contributed by atoms with E-state index in [1.165, 1.54) is 12.1 Å². The Bertz CT molecular complexity index is 981.